The second-order valence-electron chi connectivity index (χ2n) is 6.88. The van der Waals surface area contributed by atoms with Gasteiger partial charge in [-0.25, -0.2) is 4.98 Å². The average Bonchev–Trinajstić information content (AvgIpc) is 3.15. The molecule has 0 spiro atoms. The summed E-state index contributed by atoms with van der Waals surface area (Å²) in [5, 5.41) is 14.0. The lowest BCUT2D eigenvalue weighted by atomic mass is 10.2. The fraction of sp³-hybridized carbons (Fsp3) is 0.143. The van der Waals surface area contributed by atoms with Gasteiger partial charge >= 0.3 is 5.97 Å². The number of esters is 1. The second-order valence-corrected chi connectivity index (χ2v) is 6.88. The van der Waals surface area contributed by atoms with E-state index in [9.17, 15) is 24.5 Å². The van der Waals surface area contributed by atoms with Crippen LogP contribution in [0.25, 0.3) is 22.1 Å². The van der Waals surface area contributed by atoms with Gasteiger partial charge in [-0.1, -0.05) is 18.2 Å². The van der Waals surface area contributed by atoms with Crippen LogP contribution in [0.3, 0.4) is 0 Å². The second kappa shape index (κ2) is 8.30. The van der Waals surface area contributed by atoms with Crippen LogP contribution in [-0.2, 0) is 20.9 Å². The van der Waals surface area contributed by atoms with Crippen molar-refractivity contribution < 1.29 is 23.7 Å². The first-order chi connectivity index (χ1) is 15.3. The number of furan rings is 1. The van der Waals surface area contributed by atoms with E-state index in [4.69, 9.17) is 9.15 Å². The van der Waals surface area contributed by atoms with Gasteiger partial charge in [0, 0.05) is 23.2 Å². The molecule has 11 nitrogen and oxygen atoms in total. The number of nitro benzene ring substituents is 1. The minimum Gasteiger partial charge on any atom is -0.451 e. The maximum Gasteiger partial charge on any atom is 0.326 e. The quantitative estimate of drug-likeness (QED) is 0.276. The lowest BCUT2D eigenvalue weighted by Crippen LogP contribution is -2.33. The van der Waals surface area contributed by atoms with Gasteiger partial charge in [0.2, 0.25) is 5.58 Å². The Labute approximate surface area is 179 Å². The number of para-hydroxylation sites is 1. The molecule has 2 aromatic heterocycles. The Morgan fingerprint density at radius 2 is 2.03 bits per heavy atom. The summed E-state index contributed by atoms with van der Waals surface area (Å²) in [5.74, 6) is -1.52. The van der Waals surface area contributed by atoms with Crippen LogP contribution < -0.4 is 10.9 Å². The molecule has 162 valence electrons. The highest BCUT2D eigenvalue weighted by atomic mass is 16.6. The number of rotatable bonds is 6. The highest BCUT2D eigenvalue weighted by Gasteiger charge is 2.20. The minimum absolute atomic E-state index is 0.0120. The van der Waals surface area contributed by atoms with Gasteiger partial charge in [-0.05, 0) is 25.1 Å². The minimum atomic E-state index is -1.21. The van der Waals surface area contributed by atoms with Crippen LogP contribution in [0, 0.1) is 10.1 Å². The van der Waals surface area contributed by atoms with Crippen LogP contribution in [0.4, 0.5) is 11.4 Å². The van der Waals surface area contributed by atoms with Crippen molar-refractivity contribution in [3.05, 3.63) is 75.3 Å². The van der Waals surface area contributed by atoms with E-state index in [1.54, 1.807) is 24.3 Å². The van der Waals surface area contributed by atoms with E-state index < -0.39 is 35.0 Å². The zero-order chi connectivity index (χ0) is 22.8. The van der Waals surface area contributed by atoms with Crippen molar-refractivity contribution in [1.29, 1.82) is 0 Å². The van der Waals surface area contributed by atoms with E-state index in [0.29, 0.717) is 16.5 Å². The number of aromatic nitrogens is 2. The molecule has 0 radical (unpaired) electrons. The number of amides is 1. The third kappa shape index (κ3) is 4.03. The maximum absolute atomic E-state index is 12.7. The molecule has 0 saturated heterocycles. The summed E-state index contributed by atoms with van der Waals surface area (Å²) >= 11 is 0. The molecule has 11 heteroatoms. The summed E-state index contributed by atoms with van der Waals surface area (Å²) in [7, 11) is 0. The molecule has 4 aromatic rings. The van der Waals surface area contributed by atoms with Gasteiger partial charge in [-0.15, -0.1) is 0 Å². The summed E-state index contributed by atoms with van der Waals surface area (Å²) in [6.45, 7) is 0.862. The molecular weight excluding hydrogens is 420 g/mol. The molecule has 2 heterocycles. The van der Waals surface area contributed by atoms with Crippen molar-refractivity contribution >= 4 is 45.3 Å². The fourth-order valence-electron chi connectivity index (χ4n) is 3.10. The zero-order valence-corrected chi connectivity index (χ0v) is 16.7. The molecule has 0 fully saturated rings. The van der Waals surface area contributed by atoms with Gasteiger partial charge in [0.25, 0.3) is 17.2 Å². The molecule has 2 aromatic carbocycles. The molecule has 1 N–H and O–H groups in total. The van der Waals surface area contributed by atoms with Gasteiger partial charge in [-0.3, -0.25) is 29.1 Å². The molecule has 0 aliphatic rings. The highest BCUT2D eigenvalue weighted by molar-refractivity contribution is 6.01. The van der Waals surface area contributed by atoms with Crippen LogP contribution in [0.1, 0.15) is 6.92 Å². The lowest BCUT2D eigenvalue weighted by molar-refractivity contribution is -0.384. The number of nitro groups is 1. The van der Waals surface area contributed by atoms with Crippen LogP contribution >= 0.6 is 0 Å². The summed E-state index contributed by atoms with van der Waals surface area (Å²) in [4.78, 5) is 51.7. The van der Waals surface area contributed by atoms with Crippen molar-refractivity contribution in [3.63, 3.8) is 0 Å². The lowest BCUT2D eigenvalue weighted by Gasteiger charge is -2.14. The Balaban J connectivity index is 1.44. The number of nitrogens with zero attached hydrogens (tertiary/aromatic N) is 3. The molecule has 0 saturated carbocycles. The predicted molar refractivity (Wildman–Crippen MR) is 113 cm³/mol. The Kier molecular flexibility index (Phi) is 5.37. The van der Waals surface area contributed by atoms with Crippen LogP contribution in [0.2, 0.25) is 0 Å². The number of hydrogen-bond donors (Lipinski definition) is 1. The predicted octanol–water partition coefficient (Wildman–Crippen LogP) is 2.62. The third-order valence-electron chi connectivity index (χ3n) is 4.65. The number of hydrogen-bond acceptors (Lipinski definition) is 8. The van der Waals surface area contributed by atoms with Gasteiger partial charge in [0.15, 0.2) is 6.10 Å². The molecule has 1 amide bonds. The Morgan fingerprint density at radius 3 is 2.81 bits per heavy atom. The summed E-state index contributed by atoms with van der Waals surface area (Å²) in [6, 6.07) is 12.4. The van der Waals surface area contributed by atoms with Crippen molar-refractivity contribution in [1.82, 2.24) is 9.55 Å². The van der Waals surface area contributed by atoms with Crippen LogP contribution in [-0.4, -0.2) is 32.5 Å². The number of carbonyl (C=O) groups excluding carboxylic acids is 2. The number of benzene rings is 2. The molecule has 0 bridgehead atoms. The first kappa shape index (κ1) is 20.7. The Morgan fingerprint density at radius 1 is 1.25 bits per heavy atom. The topological polar surface area (TPSA) is 147 Å². The monoisotopic (exact) mass is 436 g/mol. The summed E-state index contributed by atoms with van der Waals surface area (Å²) in [5.41, 5.74) is 0.330. The number of anilines is 1. The fourth-order valence-corrected chi connectivity index (χ4v) is 3.10. The van der Waals surface area contributed by atoms with Crippen molar-refractivity contribution in [3.8, 4) is 0 Å². The molecule has 4 rings (SSSR count). The SMILES string of the molecule is CC(OC(=O)Cn1cnc2c(oc3ccccc32)c1=O)C(=O)Nc1cccc([N+](=O)[O-])c1. The molecule has 1 unspecified atom stereocenters. The molecule has 0 aliphatic heterocycles. The van der Waals surface area contributed by atoms with Crippen molar-refractivity contribution in [2.75, 3.05) is 5.32 Å². The summed E-state index contributed by atoms with van der Waals surface area (Å²) < 4.78 is 11.7. The Hall–Kier alpha value is -4.54. The number of carbonyl (C=O) groups is 2. The number of ether oxygens (including phenoxy) is 1. The first-order valence-corrected chi connectivity index (χ1v) is 9.45. The molecule has 1 atom stereocenters. The number of nitrogens with one attached hydrogen (secondary N) is 1. The van der Waals surface area contributed by atoms with E-state index in [1.165, 1.54) is 37.5 Å². The van der Waals surface area contributed by atoms with Gasteiger partial charge in [-0.2, -0.15) is 0 Å². The van der Waals surface area contributed by atoms with Crippen LogP contribution in [0.5, 0.6) is 0 Å². The standard InChI is InChI=1S/C21H16N4O7/c1-12(20(27)23-13-5-4-6-14(9-13)25(29)30)31-17(26)10-24-11-22-18-15-7-2-3-8-16(15)32-19(18)21(24)28/h2-9,11-12H,10H2,1H3,(H,23,27). The first-order valence-electron chi connectivity index (χ1n) is 9.45. The molecule has 32 heavy (non-hydrogen) atoms. The largest absolute Gasteiger partial charge is 0.451 e. The maximum atomic E-state index is 12.7. The number of fused-ring (bicyclic) bond motifs is 3. The highest BCUT2D eigenvalue weighted by Crippen LogP contribution is 2.24. The van der Waals surface area contributed by atoms with Gasteiger partial charge < -0.3 is 14.5 Å². The van der Waals surface area contributed by atoms with E-state index in [2.05, 4.69) is 10.3 Å². The normalized spacial score (nSPS) is 11.9. The Bertz CT molecular complexity index is 1420. The van der Waals surface area contributed by atoms with Crippen molar-refractivity contribution in [2.45, 2.75) is 19.6 Å². The average molecular weight is 436 g/mol. The zero-order valence-electron chi connectivity index (χ0n) is 16.7. The molecular formula is C21H16N4O7. The summed E-state index contributed by atoms with van der Waals surface area (Å²) in [6.07, 6.45) is 0.00204. The smallest absolute Gasteiger partial charge is 0.326 e. The van der Waals surface area contributed by atoms with Crippen molar-refractivity contribution in [2.24, 2.45) is 0 Å². The molecule has 0 aliphatic carbocycles. The van der Waals surface area contributed by atoms with E-state index in [1.807, 2.05) is 0 Å². The van der Waals surface area contributed by atoms with Gasteiger partial charge in [0.05, 0.1) is 11.3 Å². The van der Waals surface area contributed by atoms with Gasteiger partial charge in [0.1, 0.15) is 17.6 Å². The third-order valence-corrected chi connectivity index (χ3v) is 4.65. The van der Waals surface area contributed by atoms with E-state index >= 15 is 0 Å². The van der Waals surface area contributed by atoms with Crippen LogP contribution in [0.15, 0.2) is 64.1 Å². The van der Waals surface area contributed by atoms with E-state index in [-0.39, 0.29) is 17.0 Å². The van der Waals surface area contributed by atoms with E-state index in [0.717, 1.165) is 4.57 Å². The number of non-ortho nitro benzene ring substituents is 1.